The largest absolute Gasteiger partial charge is 0.743 e. The lowest BCUT2D eigenvalue weighted by molar-refractivity contribution is -0.223. The Labute approximate surface area is 183 Å². The number of rotatable bonds is 5. The Morgan fingerprint density at radius 2 is 0.938 bits per heavy atom. The Morgan fingerprint density at radius 1 is 0.656 bits per heavy atom. The molecule has 0 bridgehead atoms. The lowest BCUT2D eigenvalue weighted by Crippen LogP contribution is -2.46. The average Bonchev–Trinajstić information content (AvgIpc) is 2.75. The highest BCUT2D eigenvalue weighted by atomic mass is 32.2. The molecule has 1 atom stereocenters. The minimum atomic E-state index is -6.66. The van der Waals surface area contributed by atoms with Gasteiger partial charge in [-0.15, -0.1) is 0 Å². The highest BCUT2D eigenvalue weighted by molar-refractivity contribution is 7.97. The topological polar surface area (TPSA) is 57.2 Å². The molecule has 0 fully saturated rings. The van der Waals surface area contributed by atoms with Gasteiger partial charge in [-0.2, -0.15) is 22.0 Å². The van der Waals surface area contributed by atoms with Crippen molar-refractivity contribution in [1.29, 1.82) is 0 Å². The van der Waals surface area contributed by atoms with E-state index in [1.165, 1.54) is 14.7 Å². The summed E-state index contributed by atoms with van der Waals surface area (Å²) in [6, 6.07) is 32.2. The maximum absolute atomic E-state index is 11.8. The zero-order valence-corrected chi connectivity index (χ0v) is 17.7. The molecule has 0 aliphatic heterocycles. The summed E-state index contributed by atoms with van der Waals surface area (Å²) in [6.07, 6.45) is -11.1. The number of alkyl halides is 6. The van der Waals surface area contributed by atoms with Gasteiger partial charge in [-0.1, -0.05) is 54.6 Å². The Hall–Kier alpha value is -2.50. The molecule has 0 aliphatic carbocycles. The molecule has 0 N–H and O–H groups in total. The normalized spacial score (nSPS) is 13.2. The van der Waals surface area contributed by atoms with Crippen LogP contribution in [0.25, 0.3) is 0 Å². The maximum atomic E-state index is 11.8. The fourth-order valence-electron chi connectivity index (χ4n) is 2.40. The van der Waals surface area contributed by atoms with Crippen molar-refractivity contribution in [2.45, 2.75) is 32.3 Å². The van der Waals surface area contributed by atoms with Gasteiger partial charge >= 0.3 is 11.4 Å². The number of hydrogen-bond donors (Lipinski definition) is 0. The SMILES string of the molecule is O=S(=O)([O-])C(F)(F)C(F)C(F)(F)F.c1ccc([S+](c2ccccc2)c2ccccc2)cc1. The fourth-order valence-corrected chi connectivity index (χ4v) is 4.89. The van der Waals surface area contributed by atoms with Gasteiger partial charge < -0.3 is 4.55 Å². The Bertz CT molecular complexity index is 983. The Morgan fingerprint density at radius 3 is 1.12 bits per heavy atom. The molecule has 11 heteroatoms. The Balaban J connectivity index is 0.000000247. The second-order valence-corrected chi connectivity index (χ2v) is 9.64. The van der Waals surface area contributed by atoms with Crippen molar-refractivity contribution in [1.82, 2.24) is 0 Å². The van der Waals surface area contributed by atoms with E-state index in [0.29, 0.717) is 0 Å². The smallest absolute Gasteiger partial charge is 0.426 e. The van der Waals surface area contributed by atoms with Crippen molar-refractivity contribution in [2.24, 2.45) is 0 Å². The number of benzene rings is 3. The quantitative estimate of drug-likeness (QED) is 0.256. The van der Waals surface area contributed by atoms with Crippen molar-refractivity contribution in [3.63, 3.8) is 0 Å². The number of halogens is 6. The van der Waals surface area contributed by atoms with E-state index in [2.05, 4.69) is 91.0 Å². The lowest BCUT2D eigenvalue weighted by atomic mass is 10.4. The van der Waals surface area contributed by atoms with Crippen molar-refractivity contribution in [3.8, 4) is 0 Å². The molecule has 3 nitrogen and oxygen atoms in total. The van der Waals surface area contributed by atoms with Crippen LogP contribution in [0.2, 0.25) is 0 Å². The van der Waals surface area contributed by atoms with E-state index in [-0.39, 0.29) is 10.9 Å². The molecule has 1 unspecified atom stereocenters. The van der Waals surface area contributed by atoms with Crippen molar-refractivity contribution < 1.29 is 39.3 Å². The first-order valence-corrected chi connectivity index (χ1v) is 11.4. The van der Waals surface area contributed by atoms with Crippen LogP contribution in [0.4, 0.5) is 26.3 Å². The van der Waals surface area contributed by atoms with Gasteiger partial charge in [0.15, 0.2) is 24.8 Å². The Kier molecular flexibility index (Phi) is 8.38. The molecule has 0 aromatic heterocycles. The molecule has 3 rings (SSSR count). The van der Waals surface area contributed by atoms with Crippen LogP contribution >= 0.6 is 0 Å². The van der Waals surface area contributed by atoms with Crippen LogP contribution in [0, 0.1) is 0 Å². The van der Waals surface area contributed by atoms with Gasteiger partial charge in [0.1, 0.15) is 0 Å². The van der Waals surface area contributed by atoms with Crippen LogP contribution < -0.4 is 0 Å². The minimum absolute atomic E-state index is 0.0146. The average molecular weight is 494 g/mol. The molecular formula is C21H16F6O3S2. The summed E-state index contributed by atoms with van der Waals surface area (Å²) in [5.41, 5.74) is 0. The van der Waals surface area contributed by atoms with Crippen LogP contribution in [0.5, 0.6) is 0 Å². The van der Waals surface area contributed by atoms with E-state index in [4.69, 9.17) is 0 Å². The van der Waals surface area contributed by atoms with E-state index < -0.39 is 27.7 Å². The predicted molar refractivity (Wildman–Crippen MR) is 107 cm³/mol. The summed E-state index contributed by atoms with van der Waals surface area (Å²) in [7, 11) is -6.68. The summed E-state index contributed by atoms with van der Waals surface area (Å²) in [5.74, 6) is 0. The molecule has 0 saturated heterocycles. The molecule has 0 saturated carbocycles. The van der Waals surface area contributed by atoms with Crippen molar-refractivity contribution in [3.05, 3.63) is 91.0 Å². The first-order valence-electron chi connectivity index (χ1n) is 8.79. The second kappa shape index (κ2) is 10.4. The van der Waals surface area contributed by atoms with E-state index >= 15 is 0 Å². The van der Waals surface area contributed by atoms with Gasteiger partial charge in [-0.3, -0.25) is 0 Å². The van der Waals surface area contributed by atoms with Crippen LogP contribution in [0.1, 0.15) is 0 Å². The highest BCUT2D eigenvalue weighted by Crippen LogP contribution is 2.37. The van der Waals surface area contributed by atoms with Crippen molar-refractivity contribution >= 4 is 21.0 Å². The third-order valence-corrected chi connectivity index (χ3v) is 6.96. The van der Waals surface area contributed by atoms with Crippen LogP contribution in [0.15, 0.2) is 106 Å². The van der Waals surface area contributed by atoms with Crippen LogP contribution in [-0.4, -0.2) is 30.6 Å². The molecule has 32 heavy (non-hydrogen) atoms. The van der Waals surface area contributed by atoms with Gasteiger partial charge in [-0.25, -0.2) is 12.8 Å². The van der Waals surface area contributed by atoms with Gasteiger partial charge in [-0.05, 0) is 36.4 Å². The summed E-state index contributed by atoms with van der Waals surface area (Å²) < 4.78 is 97.5. The molecule has 0 aliphatic rings. The third kappa shape index (κ3) is 6.50. The zero-order valence-electron chi connectivity index (χ0n) is 16.0. The van der Waals surface area contributed by atoms with Gasteiger partial charge in [0.05, 0.1) is 10.9 Å². The summed E-state index contributed by atoms with van der Waals surface area (Å²) in [5, 5.41) is -5.99. The van der Waals surface area contributed by atoms with E-state index in [1.54, 1.807) is 0 Å². The molecule has 3 aromatic carbocycles. The molecular weight excluding hydrogens is 478 g/mol. The zero-order chi connectivity index (χ0) is 24.0. The highest BCUT2D eigenvalue weighted by Gasteiger charge is 2.61. The second-order valence-electron chi connectivity index (χ2n) is 6.17. The molecule has 0 heterocycles. The van der Waals surface area contributed by atoms with Crippen LogP contribution in [-0.2, 0) is 21.0 Å². The molecule has 3 aromatic rings. The van der Waals surface area contributed by atoms with E-state index in [9.17, 15) is 39.3 Å². The summed E-state index contributed by atoms with van der Waals surface area (Å²) in [6.45, 7) is 0. The van der Waals surface area contributed by atoms with E-state index in [0.717, 1.165) is 0 Å². The minimum Gasteiger partial charge on any atom is -0.743 e. The summed E-state index contributed by atoms with van der Waals surface area (Å²) >= 11 is 0. The van der Waals surface area contributed by atoms with Crippen LogP contribution in [0.3, 0.4) is 0 Å². The molecule has 0 spiro atoms. The van der Waals surface area contributed by atoms with Gasteiger partial charge in [0.25, 0.3) is 6.17 Å². The third-order valence-electron chi connectivity index (χ3n) is 3.85. The van der Waals surface area contributed by atoms with Crippen molar-refractivity contribution in [2.75, 3.05) is 0 Å². The van der Waals surface area contributed by atoms with Gasteiger partial charge in [0.2, 0.25) is 0 Å². The maximum Gasteiger partial charge on any atom is 0.426 e. The van der Waals surface area contributed by atoms with E-state index in [1.807, 2.05) is 0 Å². The van der Waals surface area contributed by atoms with Gasteiger partial charge in [0, 0.05) is 0 Å². The monoisotopic (exact) mass is 494 g/mol. The number of hydrogen-bond acceptors (Lipinski definition) is 3. The molecule has 172 valence electrons. The first-order chi connectivity index (χ1) is 14.9. The predicted octanol–water partition coefficient (Wildman–Crippen LogP) is 5.81. The lowest BCUT2D eigenvalue weighted by Gasteiger charge is -2.24. The standard InChI is InChI=1S/C18H15S.C3H2F6O3S/c1-4-10-16(11-5-1)19(17-12-6-2-7-13-17)18-14-8-3-9-15-18;4-1(2(5,6)7)3(8,9)13(10,11)12/h1-15H;1H,(H,10,11,12)/q+1;/p-1. The first kappa shape index (κ1) is 25.8. The molecule has 0 radical (unpaired) electrons. The fraction of sp³-hybridized carbons (Fsp3) is 0.143. The summed E-state index contributed by atoms with van der Waals surface area (Å²) in [4.78, 5) is 4.08. The molecule has 0 amide bonds.